The van der Waals surface area contributed by atoms with E-state index in [1.165, 1.54) is 12.1 Å². The third kappa shape index (κ3) is 3.39. The summed E-state index contributed by atoms with van der Waals surface area (Å²) >= 11 is 0. The molecule has 7 heteroatoms. The van der Waals surface area contributed by atoms with E-state index in [2.05, 4.69) is 20.5 Å². The Labute approximate surface area is 132 Å². The van der Waals surface area contributed by atoms with Crippen LogP contribution in [-0.4, -0.2) is 25.7 Å². The molecule has 2 aromatic heterocycles. The molecule has 116 valence electrons. The lowest BCUT2D eigenvalue weighted by Crippen LogP contribution is -2.24. The topological polar surface area (TPSA) is 72.7 Å². The summed E-state index contributed by atoms with van der Waals surface area (Å²) < 4.78 is 14.6. The highest BCUT2D eigenvalue weighted by Crippen LogP contribution is 2.07. The molecule has 6 nitrogen and oxygen atoms in total. The molecular formula is C16H14FN5O. The van der Waals surface area contributed by atoms with Gasteiger partial charge in [-0.15, -0.1) is 10.2 Å². The highest BCUT2D eigenvalue weighted by molar-refractivity contribution is 5.92. The van der Waals surface area contributed by atoms with E-state index in [1.54, 1.807) is 41.2 Å². The molecular weight excluding hydrogens is 297 g/mol. The molecule has 0 unspecified atom stereocenters. The van der Waals surface area contributed by atoms with Crippen LogP contribution in [0.4, 0.5) is 4.39 Å². The van der Waals surface area contributed by atoms with E-state index in [0.717, 1.165) is 11.4 Å². The minimum absolute atomic E-state index is 0.216. The zero-order valence-electron chi connectivity index (χ0n) is 12.4. The molecule has 1 N–H and O–H groups in total. The lowest BCUT2D eigenvalue weighted by molar-refractivity contribution is 0.0945. The Kier molecular flexibility index (Phi) is 4.09. The van der Waals surface area contributed by atoms with Gasteiger partial charge in [0.15, 0.2) is 11.5 Å². The highest BCUT2D eigenvalue weighted by atomic mass is 19.1. The highest BCUT2D eigenvalue weighted by Gasteiger charge is 2.09. The zero-order valence-corrected chi connectivity index (χ0v) is 12.4. The molecule has 0 fully saturated rings. The minimum atomic E-state index is -0.337. The van der Waals surface area contributed by atoms with Gasteiger partial charge in [-0.3, -0.25) is 9.36 Å². The van der Waals surface area contributed by atoms with Gasteiger partial charge in [-0.1, -0.05) is 12.1 Å². The van der Waals surface area contributed by atoms with Crippen molar-refractivity contribution in [2.24, 2.45) is 0 Å². The maximum absolute atomic E-state index is 12.8. The van der Waals surface area contributed by atoms with Crippen LogP contribution in [0.15, 0.2) is 48.8 Å². The van der Waals surface area contributed by atoms with Crippen molar-refractivity contribution >= 4 is 5.91 Å². The molecule has 23 heavy (non-hydrogen) atoms. The second-order valence-corrected chi connectivity index (χ2v) is 4.93. The Morgan fingerprint density at radius 3 is 2.57 bits per heavy atom. The van der Waals surface area contributed by atoms with E-state index in [-0.39, 0.29) is 17.4 Å². The van der Waals surface area contributed by atoms with Gasteiger partial charge in [-0.25, -0.2) is 9.37 Å². The largest absolute Gasteiger partial charge is 0.347 e. The van der Waals surface area contributed by atoms with Gasteiger partial charge in [0.05, 0.1) is 0 Å². The molecule has 3 rings (SSSR count). The van der Waals surface area contributed by atoms with Crippen molar-refractivity contribution in [2.45, 2.75) is 13.5 Å². The predicted octanol–water partition coefficient (Wildman–Crippen LogP) is 2.04. The molecule has 0 saturated carbocycles. The normalized spacial score (nSPS) is 10.5. The van der Waals surface area contributed by atoms with Crippen LogP contribution in [0.5, 0.6) is 0 Å². The minimum Gasteiger partial charge on any atom is -0.347 e. The Bertz CT molecular complexity index is 811. The molecule has 0 spiro atoms. The average Bonchev–Trinajstić information content (AvgIpc) is 3.00. The van der Waals surface area contributed by atoms with Crippen molar-refractivity contribution in [3.63, 3.8) is 0 Å². The van der Waals surface area contributed by atoms with Crippen molar-refractivity contribution in [3.8, 4) is 5.82 Å². The van der Waals surface area contributed by atoms with Crippen LogP contribution < -0.4 is 5.32 Å². The number of halogens is 1. The summed E-state index contributed by atoms with van der Waals surface area (Å²) in [6, 6.07) is 9.24. The first-order valence-corrected chi connectivity index (χ1v) is 7.00. The molecule has 3 aromatic rings. The van der Waals surface area contributed by atoms with Crippen LogP contribution in [0, 0.1) is 12.7 Å². The van der Waals surface area contributed by atoms with Gasteiger partial charge in [-0.05, 0) is 36.8 Å². The summed E-state index contributed by atoms with van der Waals surface area (Å²) in [6.07, 6.45) is 3.44. The lowest BCUT2D eigenvalue weighted by atomic mass is 10.2. The van der Waals surface area contributed by atoms with Gasteiger partial charge < -0.3 is 5.32 Å². The van der Waals surface area contributed by atoms with Gasteiger partial charge in [0.1, 0.15) is 11.6 Å². The Morgan fingerprint density at radius 1 is 1.17 bits per heavy atom. The predicted molar refractivity (Wildman–Crippen MR) is 81.5 cm³/mol. The number of carbonyl (C=O) groups excluding carboxylic acids is 1. The molecule has 0 aliphatic heterocycles. The van der Waals surface area contributed by atoms with Crippen molar-refractivity contribution in [1.29, 1.82) is 0 Å². The number of rotatable bonds is 4. The van der Waals surface area contributed by atoms with E-state index < -0.39 is 0 Å². The number of benzene rings is 1. The Hall–Kier alpha value is -3.09. The van der Waals surface area contributed by atoms with E-state index in [9.17, 15) is 9.18 Å². The smallest absolute Gasteiger partial charge is 0.272 e. The molecule has 0 radical (unpaired) electrons. The van der Waals surface area contributed by atoms with Crippen molar-refractivity contribution in [2.75, 3.05) is 0 Å². The van der Waals surface area contributed by atoms with Gasteiger partial charge >= 0.3 is 0 Å². The first-order chi connectivity index (χ1) is 11.1. The van der Waals surface area contributed by atoms with Crippen LogP contribution in [0.1, 0.15) is 21.9 Å². The van der Waals surface area contributed by atoms with E-state index >= 15 is 0 Å². The number of hydrogen-bond donors (Lipinski definition) is 1. The zero-order chi connectivity index (χ0) is 16.2. The molecule has 0 saturated heterocycles. The van der Waals surface area contributed by atoms with Crippen molar-refractivity contribution in [3.05, 3.63) is 71.7 Å². The van der Waals surface area contributed by atoms with Crippen LogP contribution in [0.3, 0.4) is 0 Å². The fourth-order valence-electron chi connectivity index (χ4n) is 2.07. The summed E-state index contributed by atoms with van der Waals surface area (Å²) in [4.78, 5) is 16.2. The SMILES string of the molecule is Cc1nccn1-c1ccc(C(=O)NCc2ccc(F)cc2)nn1. The number of aromatic nitrogens is 4. The second-order valence-electron chi connectivity index (χ2n) is 4.93. The Morgan fingerprint density at radius 2 is 1.96 bits per heavy atom. The van der Waals surface area contributed by atoms with Crippen LogP contribution in [0.2, 0.25) is 0 Å². The quantitative estimate of drug-likeness (QED) is 0.800. The first kappa shape index (κ1) is 14.8. The number of aryl methyl sites for hydroxylation is 1. The number of nitrogens with one attached hydrogen (secondary N) is 1. The van der Waals surface area contributed by atoms with Crippen LogP contribution in [-0.2, 0) is 6.54 Å². The summed E-state index contributed by atoms with van der Waals surface area (Å²) in [5.41, 5.74) is 1.02. The molecule has 0 atom stereocenters. The number of nitrogens with zero attached hydrogens (tertiary/aromatic N) is 4. The monoisotopic (exact) mass is 311 g/mol. The standard InChI is InChI=1S/C16H14FN5O/c1-11-18-8-9-22(11)15-7-6-14(20-21-15)16(23)19-10-12-2-4-13(17)5-3-12/h2-9H,10H2,1H3,(H,19,23). The summed E-state index contributed by atoms with van der Waals surface area (Å²) in [6.45, 7) is 2.15. The molecule has 0 aliphatic carbocycles. The summed E-state index contributed by atoms with van der Waals surface area (Å²) in [5.74, 6) is 0.731. The third-order valence-electron chi connectivity index (χ3n) is 3.32. The molecule has 1 amide bonds. The molecule has 0 bridgehead atoms. The van der Waals surface area contributed by atoms with Gasteiger partial charge in [0.2, 0.25) is 0 Å². The first-order valence-electron chi connectivity index (χ1n) is 7.00. The summed E-state index contributed by atoms with van der Waals surface area (Å²) in [5, 5.41) is 10.7. The molecule has 2 heterocycles. The van der Waals surface area contributed by atoms with Crippen molar-refractivity contribution in [1.82, 2.24) is 25.1 Å². The second kappa shape index (κ2) is 6.35. The van der Waals surface area contributed by atoms with Gasteiger partial charge in [-0.2, -0.15) is 0 Å². The van der Waals surface area contributed by atoms with E-state index in [4.69, 9.17) is 0 Å². The fourth-order valence-corrected chi connectivity index (χ4v) is 2.07. The van der Waals surface area contributed by atoms with Gasteiger partial charge in [0, 0.05) is 18.9 Å². The van der Waals surface area contributed by atoms with Crippen LogP contribution in [0.25, 0.3) is 5.82 Å². The lowest BCUT2D eigenvalue weighted by Gasteiger charge is -2.06. The van der Waals surface area contributed by atoms with Crippen LogP contribution >= 0.6 is 0 Å². The maximum atomic E-state index is 12.8. The number of amides is 1. The third-order valence-corrected chi connectivity index (χ3v) is 3.32. The number of hydrogen-bond acceptors (Lipinski definition) is 4. The molecule has 0 aliphatic rings. The van der Waals surface area contributed by atoms with E-state index in [0.29, 0.717) is 12.4 Å². The number of imidazole rings is 1. The number of carbonyl (C=O) groups is 1. The van der Waals surface area contributed by atoms with Crippen molar-refractivity contribution < 1.29 is 9.18 Å². The fraction of sp³-hybridized carbons (Fsp3) is 0.125. The summed E-state index contributed by atoms with van der Waals surface area (Å²) in [7, 11) is 0. The van der Waals surface area contributed by atoms with E-state index in [1.807, 2.05) is 6.92 Å². The Balaban J connectivity index is 1.66. The average molecular weight is 311 g/mol. The maximum Gasteiger partial charge on any atom is 0.272 e. The van der Waals surface area contributed by atoms with Gasteiger partial charge in [0.25, 0.3) is 5.91 Å². The molecule has 1 aromatic carbocycles.